The predicted octanol–water partition coefficient (Wildman–Crippen LogP) is 2.03. The number of nitrogens with zero attached hydrogens (tertiary/aromatic N) is 2. The van der Waals surface area contributed by atoms with Crippen LogP contribution in [0.5, 0.6) is 0 Å². The Labute approximate surface area is 124 Å². The molecule has 5 heteroatoms. The zero-order valence-corrected chi connectivity index (χ0v) is 12.6. The van der Waals surface area contributed by atoms with Gasteiger partial charge in [0, 0.05) is 6.54 Å². The van der Waals surface area contributed by atoms with Crippen molar-refractivity contribution in [2.24, 2.45) is 5.92 Å². The largest absolute Gasteiger partial charge is 0.467 e. The molecule has 2 saturated heterocycles. The second kappa shape index (κ2) is 5.54. The number of piperidine rings is 1. The molecule has 0 N–H and O–H groups in total. The molecular formula is C16H22N2O3. The summed E-state index contributed by atoms with van der Waals surface area (Å²) in [5.74, 6) is 0.996. The van der Waals surface area contributed by atoms with Crippen LogP contribution in [-0.2, 0) is 16.1 Å². The summed E-state index contributed by atoms with van der Waals surface area (Å²) < 4.78 is 5.37. The van der Waals surface area contributed by atoms with Crippen LogP contribution in [0.3, 0.4) is 0 Å². The molecule has 0 radical (unpaired) electrons. The van der Waals surface area contributed by atoms with Crippen molar-refractivity contribution >= 4 is 11.8 Å². The smallest absolute Gasteiger partial charge is 0.246 e. The summed E-state index contributed by atoms with van der Waals surface area (Å²) in [5, 5.41) is 0. The van der Waals surface area contributed by atoms with Gasteiger partial charge >= 0.3 is 0 Å². The highest BCUT2D eigenvalue weighted by Crippen LogP contribution is 2.30. The highest BCUT2D eigenvalue weighted by Gasteiger charge is 2.47. The van der Waals surface area contributed by atoms with Gasteiger partial charge < -0.3 is 14.2 Å². The summed E-state index contributed by atoms with van der Waals surface area (Å²) >= 11 is 0. The lowest BCUT2D eigenvalue weighted by Gasteiger charge is -2.48. The lowest BCUT2D eigenvalue weighted by molar-refractivity contribution is -0.166. The molecule has 114 valence electrons. The van der Waals surface area contributed by atoms with Crippen molar-refractivity contribution in [3.8, 4) is 0 Å². The highest BCUT2D eigenvalue weighted by molar-refractivity contribution is 5.97. The number of hydrogen-bond acceptors (Lipinski definition) is 3. The molecule has 2 aliphatic heterocycles. The molecule has 2 aliphatic rings. The van der Waals surface area contributed by atoms with Crippen LogP contribution in [0.2, 0.25) is 0 Å². The van der Waals surface area contributed by atoms with Crippen molar-refractivity contribution in [3.05, 3.63) is 24.2 Å². The molecular weight excluding hydrogens is 268 g/mol. The first-order valence-corrected chi connectivity index (χ1v) is 7.73. The van der Waals surface area contributed by atoms with Crippen molar-refractivity contribution in [3.63, 3.8) is 0 Å². The lowest BCUT2D eigenvalue weighted by Crippen LogP contribution is -2.66. The Hall–Kier alpha value is -1.78. The maximum Gasteiger partial charge on any atom is 0.246 e. The SMILES string of the molecule is CC(C)C1C(=O)N2CCCCC2C(=O)N1Cc1ccco1. The van der Waals surface area contributed by atoms with Crippen LogP contribution in [0.1, 0.15) is 38.9 Å². The molecule has 0 aliphatic carbocycles. The molecule has 5 nitrogen and oxygen atoms in total. The van der Waals surface area contributed by atoms with Crippen molar-refractivity contribution in [2.75, 3.05) is 6.54 Å². The van der Waals surface area contributed by atoms with E-state index in [0.29, 0.717) is 13.1 Å². The minimum absolute atomic E-state index is 0.0735. The Morgan fingerprint density at radius 2 is 2.10 bits per heavy atom. The summed E-state index contributed by atoms with van der Waals surface area (Å²) in [6, 6.07) is 3.01. The van der Waals surface area contributed by atoms with Crippen LogP contribution >= 0.6 is 0 Å². The van der Waals surface area contributed by atoms with Gasteiger partial charge in [0.15, 0.2) is 0 Å². The predicted molar refractivity (Wildman–Crippen MR) is 77.2 cm³/mol. The van der Waals surface area contributed by atoms with Crippen molar-refractivity contribution in [1.82, 2.24) is 9.80 Å². The quantitative estimate of drug-likeness (QED) is 0.856. The number of hydrogen-bond donors (Lipinski definition) is 0. The minimum atomic E-state index is -0.378. The monoisotopic (exact) mass is 290 g/mol. The van der Waals surface area contributed by atoms with Crippen LogP contribution in [0, 0.1) is 5.92 Å². The van der Waals surface area contributed by atoms with E-state index in [1.54, 1.807) is 16.1 Å². The summed E-state index contributed by atoms with van der Waals surface area (Å²) in [5.41, 5.74) is 0. The van der Waals surface area contributed by atoms with Crippen LogP contribution < -0.4 is 0 Å². The number of furan rings is 1. The summed E-state index contributed by atoms with van der Waals surface area (Å²) in [6.45, 7) is 5.09. The zero-order valence-electron chi connectivity index (χ0n) is 12.6. The van der Waals surface area contributed by atoms with E-state index in [1.807, 2.05) is 26.0 Å². The van der Waals surface area contributed by atoms with Gasteiger partial charge in [0.1, 0.15) is 17.8 Å². The third kappa shape index (κ3) is 2.45. The first kappa shape index (κ1) is 14.2. The fraction of sp³-hybridized carbons (Fsp3) is 0.625. The Morgan fingerprint density at radius 1 is 1.29 bits per heavy atom. The fourth-order valence-corrected chi connectivity index (χ4v) is 3.48. The second-order valence-electron chi connectivity index (χ2n) is 6.28. The number of rotatable bonds is 3. The van der Waals surface area contributed by atoms with Crippen molar-refractivity contribution in [2.45, 2.75) is 51.7 Å². The molecule has 2 atom stereocenters. The van der Waals surface area contributed by atoms with Gasteiger partial charge in [-0.1, -0.05) is 13.8 Å². The third-order valence-electron chi connectivity index (χ3n) is 4.48. The third-order valence-corrected chi connectivity index (χ3v) is 4.48. The maximum absolute atomic E-state index is 12.8. The number of carbonyl (C=O) groups is 2. The first-order valence-electron chi connectivity index (χ1n) is 7.73. The lowest BCUT2D eigenvalue weighted by atomic mass is 9.90. The van der Waals surface area contributed by atoms with E-state index >= 15 is 0 Å². The van der Waals surface area contributed by atoms with Gasteiger partial charge in [0.25, 0.3) is 0 Å². The molecule has 1 aromatic heterocycles. The summed E-state index contributed by atoms with van der Waals surface area (Å²) in [6.07, 6.45) is 4.40. The molecule has 2 unspecified atom stereocenters. The van der Waals surface area contributed by atoms with Crippen LogP contribution in [0.25, 0.3) is 0 Å². The molecule has 0 saturated carbocycles. The fourth-order valence-electron chi connectivity index (χ4n) is 3.48. The Bertz CT molecular complexity index is 524. The molecule has 1 aromatic rings. The summed E-state index contributed by atoms with van der Waals surface area (Å²) in [7, 11) is 0. The molecule has 0 spiro atoms. The number of carbonyl (C=O) groups excluding carboxylic acids is 2. The zero-order chi connectivity index (χ0) is 15.0. The molecule has 2 amide bonds. The molecule has 0 bridgehead atoms. The van der Waals surface area contributed by atoms with Crippen LogP contribution in [0.15, 0.2) is 22.8 Å². The molecule has 3 heterocycles. The highest BCUT2D eigenvalue weighted by atomic mass is 16.3. The maximum atomic E-state index is 12.8. The van der Waals surface area contributed by atoms with E-state index in [0.717, 1.165) is 25.0 Å². The second-order valence-corrected chi connectivity index (χ2v) is 6.28. The molecule has 2 fully saturated rings. The molecule has 0 aromatic carbocycles. The van der Waals surface area contributed by atoms with Crippen LogP contribution in [0.4, 0.5) is 0 Å². The number of piperazine rings is 1. The number of amides is 2. The van der Waals surface area contributed by atoms with Gasteiger partial charge in [-0.2, -0.15) is 0 Å². The Kier molecular flexibility index (Phi) is 3.74. The van der Waals surface area contributed by atoms with E-state index in [1.165, 1.54) is 0 Å². The van der Waals surface area contributed by atoms with Crippen LogP contribution in [-0.4, -0.2) is 40.2 Å². The van der Waals surface area contributed by atoms with Gasteiger partial charge in [-0.05, 0) is 37.3 Å². The van der Waals surface area contributed by atoms with Gasteiger partial charge in [0.2, 0.25) is 11.8 Å². The minimum Gasteiger partial charge on any atom is -0.467 e. The Balaban J connectivity index is 1.90. The van der Waals surface area contributed by atoms with E-state index in [2.05, 4.69) is 0 Å². The molecule has 21 heavy (non-hydrogen) atoms. The average molecular weight is 290 g/mol. The van der Waals surface area contributed by atoms with E-state index in [4.69, 9.17) is 4.42 Å². The number of fused-ring (bicyclic) bond motifs is 1. The normalized spacial score (nSPS) is 26.4. The van der Waals surface area contributed by atoms with Crippen molar-refractivity contribution < 1.29 is 14.0 Å². The van der Waals surface area contributed by atoms with Gasteiger partial charge in [0.05, 0.1) is 12.8 Å². The van der Waals surface area contributed by atoms with Crippen molar-refractivity contribution in [1.29, 1.82) is 0 Å². The Morgan fingerprint density at radius 3 is 2.76 bits per heavy atom. The standard InChI is InChI=1S/C16H22N2O3/c1-11(2)14-16(20)17-8-4-3-7-13(17)15(19)18(14)10-12-6-5-9-21-12/h5-6,9,11,13-14H,3-4,7-8,10H2,1-2H3. The average Bonchev–Trinajstić information content (AvgIpc) is 2.97. The van der Waals surface area contributed by atoms with Gasteiger partial charge in [-0.3, -0.25) is 9.59 Å². The van der Waals surface area contributed by atoms with Gasteiger partial charge in [-0.15, -0.1) is 0 Å². The van der Waals surface area contributed by atoms with E-state index < -0.39 is 0 Å². The van der Waals surface area contributed by atoms with E-state index in [-0.39, 0.29) is 29.8 Å². The first-order chi connectivity index (χ1) is 10.1. The van der Waals surface area contributed by atoms with E-state index in [9.17, 15) is 9.59 Å². The summed E-state index contributed by atoms with van der Waals surface area (Å²) in [4.78, 5) is 29.1. The van der Waals surface area contributed by atoms with Gasteiger partial charge in [-0.25, -0.2) is 0 Å². The topological polar surface area (TPSA) is 53.8 Å². The molecule has 3 rings (SSSR count).